The molecule has 2 atom stereocenters. The van der Waals surface area contributed by atoms with Crippen LogP contribution in [0.1, 0.15) is 53.3 Å². The van der Waals surface area contributed by atoms with E-state index < -0.39 is 29.5 Å². The van der Waals surface area contributed by atoms with Crippen LogP contribution in [-0.2, 0) is 21.8 Å². The summed E-state index contributed by atoms with van der Waals surface area (Å²) in [5.74, 6) is 0.291. The lowest BCUT2D eigenvalue weighted by atomic mass is 9.89. The molecule has 0 radical (unpaired) electrons. The quantitative estimate of drug-likeness (QED) is 0.669. The van der Waals surface area contributed by atoms with Crippen molar-refractivity contribution in [3.05, 3.63) is 52.9 Å². The van der Waals surface area contributed by atoms with Crippen LogP contribution >= 0.6 is 11.8 Å². The van der Waals surface area contributed by atoms with Gasteiger partial charge in [0.05, 0.1) is 30.0 Å². The standard InChI is InChI=1S/C23H24F2N4O3S/c24-15-9-14(10-16(25)11-15)18-1-2-20-29(18)22(31)23(32-20)3-5-27(6-4-23)21(30)17-12-26-28-7-8-33-13-19(17)28/h9-12,18,20H,1-8,13H2/t18-,20+/m0/s1. The molecule has 4 aliphatic heterocycles. The largest absolute Gasteiger partial charge is 0.342 e. The van der Waals surface area contributed by atoms with Gasteiger partial charge in [-0.3, -0.25) is 14.3 Å². The molecule has 0 unspecified atom stereocenters. The second kappa shape index (κ2) is 7.80. The smallest absolute Gasteiger partial charge is 0.257 e. The van der Waals surface area contributed by atoms with E-state index in [1.54, 1.807) is 27.8 Å². The molecule has 7 nitrogen and oxygen atoms in total. The van der Waals surface area contributed by atoms with Gasteiger partial charge in [-0.15, -0.1) is 0 Å². The van der Waals surface area contributed by atoms with Gasteiger partial charge in [0.25, 0.3) is 11.8 Å². The zero-order valence-electron chi connectivity index (χ0n) is 18.0. The van der Waals surface area contributed by atoms with Gasteiger partial charge < -0.3 is 14.5 Å². The van der Waals surface area contributed by atoms with Crippen LogP contribution in [0.5, 0.6) is 0 Å². The Bertz CT molecular complexity index is 1110. The second-order valence-electron chi connectivity index (χ2n) is 9.15. The Balaban J connectivity index is 1.18. The third kappa shape index (κ3) is 3.37. The summed E-state index contributed by atoms with van der Waals surface area (Å²) in [6, 6.07) is 3.02. The molecule has 1 spiro atoms. The number of hydrogen-bond acceptors (Lipinski definition) is 5. The molecule has 1 aromatic carbocycles. The van der Waals surface area contributed by atoms with Gasteiger partial charge in [-0.1, -0.05) is 0 Å². The fraction of sp³-hybridized carbons (Fsp3) is 0.522. The van der Waals surface area contributed by atoms with Gasteiger partial charge in [0.1, 0.15) is 17.9 Å². The van der Waals surface area contributed by atoms with E-state index in [0.717, 1.165) is 29.8 Å². The number of fused-ring (bicyclic) bond motifs is 2. The van der Waals surface area contributed by atoms with E-state index in [9.17, 15) is 18.4 Å². The monoisotopic (exact) mass is 474 g/mol. The number of likely N-dealkylation sites (tertiary alicyclic amines) is 1. The van der Waals surface area contributed by atoms with Crippen molar-refractivity contribution in [1.82, 2.24) is 19.6 Å². The fourth-order valence-electron chi connectivity index (χ4n) is 5.64. The number of amides is 2. The molecule has 5 heterocycles. The van der Waals surface area contributed by atoms with E-state index in [0.29, 0.717) is 49.9 Å². The first-order valence-corrected chi connectivity index (χ1v) is 12.5. The normalized spacial score (nSPS) is 26.1. The minimum absolute atomic E-state index is 0.0485. The highest BCUT2D eigenvalue weighted by Gasteiger charge is 2.58. The van der Waals surface area contributed by atoms with E-state index in [2.05, 4.69) is 5.10 Å². The van der Waals surface area contributed by atoms with Crippen molar-refractivity contribution < 1.29 is 23.1 Å². The van der Waals surface area contributed by atoms with Crippen LogP contribution in [0.25, 0.3) is 0 Å². The first-order chi connectivity index (χ1) is 15.9. The van der Waals surface area contributed by atoms with E-state index >= 15 is 0 Å². The van der Waals surface area contributed by atoms with Gasteiger partial charge in [-0.05, 0) is 30.5 Å². The molecule has 0 N–H and O–H groups in total. The Labute approximate surface area is 194 Å². The van der Waals surface area contributed by atoms with Gasteiger partial charge >= 0.3 is 0 Å². The average Bonchev–Trinajstić information content (AvgIpc) is 3.48. The number of carbonyl (C=O) groups excluding carboxylic acids is 2. The number of nitrogens with zero attached hydrogens (tertiary/aromatic N) is 4. The summed E-state index contributed by atoms with van der Waals surface area (Å²) in [5.41, 5.74) is 1.10. The molecule has 0 bridgehead atoms. The number of piperidine rings is 1. The first-order valence-electron chi connectivity index (χ1n) is 11.3. The maximum Gasteiger partial charge on any atom is 0.257 e. The highest BCUT2D eigenvalue weighted by Crippen LogP contribution is 2.47. The Hall–Kier alpha value is -2.46. The van der Waals surface area contributed by atoms with Gasteiger partial charge in [-0.25, -0.2) is 8.78 Å². The summed E-state index contributed by atoms with van der Waals surface area (Å²) in [4.78, 5) is 30.1. The van der Waals surface area contributed by atoms with E-state index in [1.807, 2.05) is 4.68 Å². The van der Waals surface area contributed by atoms with Gasteiger partial charge in [0.2, 0.25) is 0 Å². The predicted molar refractivity (Wildman–Crippen MR) is 116 cm³/mol. The maximum absolute atomic E-state index is 13.8. The number of halogens is 2. The molecule has 3 fully saturated rings. The van der Waals surface area contributed by atoms with Crippen LogP contribution in [0.4, 0.5) is 8.78 Å². The minimum Gasteiger partial charge on any atom is -0.342 e. The predicted octanol–water partition coefficient (Wildman–Crippen LogP) is 3.10. The van der Waals surface area contributed by atoms with Crippen LogP contribution < -0.4 is 0 Å². The van der Waals surface area contributed by atoms with Crippen LogP contribution in [0.2, 0.25) is 0 Å². The molecule has 2 aromatic rings. The zero-order chi connectivity index (χ0) is 22.7. The Morgan fingerprint density at radius 3 is 2.64 bits per heavy atom. The van der Waals surface area contributed by atoms with E-state index in [-0.39, 0.29) is 11.8 Å². The van der Waals surface area contributed by atoms with Crippen LogP contribution in [-0.4, -0.2) is 62.1 Å². The molecular weight excluding hydrogens is 450 g/mol. The summed E-state index contributed by atoms with van der Waals surface area (Å²) in [5, 5.41) is 4.36. The lowest BCUT2D eigenvalue weighted by molar-refractivity contribution is -0.142. The van der Waals surface area contributed by atoms with Gasteiger partial charge in [0, 0.05) is 43.5 Å². The van der Waals surface area contributed by atoms with Crippen LogP contribution in [0.15, 0.2) is 24.4 Å². The number of carbonyl (C=O) groups is 2. The second-order valence-corrected chi connectivity index (χ2v) is 10.3. The van der Waals surface area contributed by atoms with Crippen molar-refractivity contribution in [1.29, 1.82) is 0 Å². The number of hydrogen-bond donors (Lipinski definition) is 0. The molecule has 10 heteroatoms. The van der Waals surface area contributed by atoms with Gasteiger partial charge in [0.15, 0.2) is 5.60 Å². The van der Waals surface area contributed by atoms with Crippen molar-refractivity contribution >= 4 is 23.6 Å². The van der Waals surface area contributed by atoms with Crippen LogP contribution in [0, 0.1) is 11.6 Å². The molecule has 1 aromatic heterocycles. The first kappa shape index (κ1) is 21.1. The summed E-state index contributed by atoms with van der Waals surface area (Å²) < 4.78 is 35.8. The van der Waals surface area contributed by atoms with Crippen LogP contribution in [0.3, 0.4) is 0 Å². The highest BCUT2D eigenvalue weighted by atomic mass is 32.2. The number of thioether (sulfide) groups is 1. The summed E-state index contributed by atoms with van der Waals surface area (Å²) >= 11 is 1.80. The van der Waals surface area contributed by atoms with Crippen molar-refractivity contribution in [2.75, 3.05) is 18.8 Å². The number of aryl methyl sites for hydroxylation is 1. The van der Waals surface area contributed by atoms with Crippen molar-refractivity contribution in [3.8, 4) is 0 Å². The number of ether oxygens (including phenoxy) is 1. The fourth-order valence-corrected chi connectivity index (χ4v) is 6.58. The molecule has 174 valence electrons. The zero-order valence-corrected chi connectivity index (χ0v) is 18.8. The Morgan fingerprint density at radius 1 is 1.12 bits per heavy atom. The topological polar surface area (TPSA) is 67.7 Å². The Kier molecular flexibility index (Phi) is 4.99. The highest BCUT2D eigenvalue weighted by molar-refractivity contribution is 7.98. The number of benzene rings is 1. The number of aromatic nitrogens is 2. The average molecular weight is 475 g/mol. The minimum atomic E-state index is -0.972. The van der Waals surface area contributed by atoms with Crippen molar-refractivity contribution in [3.63, 3.8) is 0 Å². The van der Waals surface area contributed by atoms with Crippen molar-refractivity contribution in [2.45, 2.75) is 55.9 Å². The third-order valence-electron chi connectivity index (χ3n) is 7.31. The summed E-state index contributed by atoms with van der Waals surface area (Å²) in [7, 11) is 0. The van der Waals surface area contributed by atoms with E-state index in [1.165, 1.54) is 12.1 Å². The summed E-state index contributed by atoms with van der Waals surface area (Å²) in [6.07, 6.45) is 3.31. The van der Waals surface area contributed by atoms with E-state index in [4.69, 9.17) is 4.74 Å². The number of rotatable bonds is 2. The van der Waals surface area contributed by atoms with Gasteiger partial charge in [-0.2, -0.15) is 16.9 Å². The third-order valence-corrected chi connectivity index (χ3v) is 8.26. The molecule has 33 heavy (non-hydrogen) atoms. The molecule has 3 saturated heterocycles. The lowest BCUT2D eigenvalue weighted by Gasteiger charge is -2.37. The molecular formula is C23H24F2N4O3S. The molecule has 2 amide bonds. The molecule has 0 aliphatic carbocycles. The molecule has 6 rings (SSSR count). The lowest BCUT2D eigenvalue weighted by Crippen LogP contribution is -2.51. The Morgan fingerprint density at radius 2 is 1.88 bits per heavy atom. The molecule has 0 saturated carbocycles. The SMILES string of the molecule is O=C(c1cnn2c1CSCC2)N1CCC2(CC1)O[C@@H]1CC[C@@H](c3cc(F)cc(F)c3)N1C2=O. The molecule has 4 aliphatic rings. The van der Waals surface area contributed by atoms with Crippen molar-refractivity contribution in [2.24, 2.45) is 0 Å². The maximum atomic E-state index is 13.8. The summed E-state index contributed by atoms with van der Waals surface area (Å²) in [6.45, 7) is 1.65.